The van der Waals surface area contributed by atoms with E-state index >= 15 is 0 Å². The predicted octanol–water partition coefficient (Wildman–Crippen LogP) is 5.38. The maximum atomic E-state index is 13.3. The van der Waals surface area contributed by atoms with Gasteiger partial charge in [0.25, 0.3) is 0 Å². The zero-order valence-electron chi connectivity index (χ0n) is 13.8. The summed E-state index contributed by atoms with van der Waals surface area (Å²) >= 11 is 0. The van der Waals surface area contributed by atoms with E-state index in [0.717, 1.165) is 33.2 Å². The molecule has 0 fully saturated rings. The Morgan fingerprint density at radius 2 is 1.50 bits per heavy atom. The molecule has 0 aliphatic carbocycles. The minimum absolute atomic E-state index is 0.272. The molecular formula is C22H14FN3. The first-order valence-electron chi connectivity index (χ1n) is 8.39. The molecular weight excluding hydrogens is 325 g/mol. The van der Waals surface area contributed by atoms with E-state index < -0.39 is 0 Å². The smallest absolute Gasteiger partial charge is 0.162 e. The Balaban J connectivity index is 1.82. The Morgan fingerprint density at radius 1 is 0.731 bits per heavy atom. The summed E-state index contributed by atoms with van der Waals surface area (Å²) in [5.74, 6) is 1.12. The van der Waals surface area contributed by atoms with Crippen molar-refractivity contribution in [3.8, 4) is 17.2 Å². The first-order chi connectivity index (χ1) is 12.8. The Hall–Kier alpha value is -3.53. The lowest BCUT2D eigenvalue weighted by Crippen LogP contribution is -2.01. The van der Waals surface area contributed by atoms with Gasteiger partial charge in [-0.1, -0.05) is 30.3 Å². The van der Waals surface area contributed by atoms with Gasteiger partial charge in [0.2, 0.25) is 0 Å². The van der Waals surface area contributed by atoms with Crippen LogP contribution in [0.3, 0.4) is 0 Å². The summed E-state index contributed by atoms with van der Waals surface area (Å²) in [4.78, 5) is 9.50. The minimum atomic E-state index is -0.272. The third-order valence-corrected chi connectivity index (χ3v) is 4.51. The van der Waals surface area contributed by atoms with Crippen molar-refractivity contribution in [1.29, 1.82) is 0 Å². The second-order valence-corrected chi connectivity index (χ2v) is 6.14. The molecule has 26 heavy (non-hydrogen) atoms. The van der Waals surface area contributed by atoms with Crippen LogP contribution in [0, 0.1) is 5.82 Å². The van der Waals surface area contributed by atoms with Gasteiger partial charge in [-0.25, -0.2) is 14.4 Å². The van der Waals surface area contributed by atoms with E-state index in [4.69, 9.17) is 4.98 Å². The number of hydrogen-bond donors (Lipinski definition) is 0. The van der Waals surface area contributed by atoms with E-state index in [0.29, 0.717) is 5.82 Å². The van der Waals surface area contributed by atoms with Crippen molar-refractivity contribution in [2.45, 2.75) is 0 Å². The summed E-state index contributed by atoms with van der Waals surface area (Å²) in [5.41, 5.74) is 2.73. The van der Waals surface area contributed by atoms with E-state index in [-0.39, 0.29) is 5.82 Å². The first kappa shape index (κ1) is 14.8. The molecule has 0 aliphatic rings. The topological polar surface area (TPSA) is 30.7 Å². The van der Waals surface area contributed by atoms with Crippen molar-refractivity contribution in [1.82, 2.24) is 14.5 Å². The molecule has 2 aromatic heterocycles. The van der Waals surface area contributed by atoms with Crippen LogP contribution in [-0.4, -0.2) is 14.5 Å². The first-order valence-corrected chi connectivity index (χ1v) is 8.39. The second-order valence-electron chi connectivity index (χ2n) is 6.14. The zero-order valence-corrected chi connectivity index (χ0v) is 13.8. The molecule has 5 aromatic rings. The minimum Gasteiger partial charge on any atom is -0.301 e. The fourth-order valence-corrected chi connectivity index (χ4v) is 3.24. The number of fused-ring (bicyclic) bond motifs is 2. The Morgan fingerprint density at radius 3 is 2.38 bits per heavy atom. The highest BCUT2D eigenvalue weighted by molar-refractivity contribution is 5.90. The molecule has 3 aromatic carbocycles. The number of nitrogens with zero attached hydrogens (tertiary/aromatic N) is 3. The van der Waals surface area contributed by atoms with E-state index in [1.165, 1.54) is 12.1 Å². The number of benzene rings is 3. The Kier molecular flexibility index (Phi) is 3.28. The monoisotopic (exact) mass is 339 g/mol. The van der Waals surface area contributed by atoms with Gasteiger partial charge in [0.15, 0.2) is 5.82 Å². The molecule has 0 bridgehead atoms. The molecule has 0 aliphatic heterocycles. The Labute approximate surface area is 149 Å². The Bertz CT molecular complexity index is 1240. The molecule has 4 heteroatoms. The molecule has 3 nitrogen and oxygen atoms in total. The lowest BCUT2D eigenvalue weighted by Gasteiger charge is -2.11. The summed E-state index contributed by atoms with van der Waals surface area (Å²) in [6.07, 6.45) is 2.02. The van der Waals surface area contributed by atoms with Gasteiger partial charge < -0.3 is 4.57 Å². The number of para-hydroxylation sites is 2. The lowest BCUT2D eigenvalue weighted by atomic mass is 10.1. The van der Waals surface area contributed by atoms with Gasteiger partial charge in [-0.15, -0.1) is 0 Å². The highest BCUT2D eigenvalue weighted by Gasteiger charge is 2.12. The maximum absolute atomic E-state index is 13.3. The number of hydrogen-bond acceptors (Lipinski definition) is 2. The summed E-state index contributed by atoms with van der Waals surface area (Å²) in [5, 5.41) is 2.12. The van der Waals surface area contributed by atoms with E-state index in [2.05, 4.69) is 27.8 Å². The summed E-state index contributed by atoms with van der Waals surface area (Å²) in [7, 11) is 0. The van der Waals surface area contributed by atoms with Crippen LogP contribution in [-0.2, 0) is 0 Å². The van der Waals surface area contributed by atoms with Gasteiger partial charge in [0.1, 0.15) is 11.6 Å². The normalized spacial score (nSPS) is 11.3. The van der Waals surface area contributed by atoms with E-state index in [1.54, 1.807) is 12.1 Å². The average Bonchev–Trinajstić information content (AvgIpc) is 3.12. The van der Waals surface area contributed by atoms with Crippen LogP contribution < -0.4 is 0 Å². The van der Waals surface area contributed by atoms with Crippen molar-refractivity contribution in [2.75, 3.05) is 0 Å². The highest BCUT2D eigenvalue weighted by Crippen LogP contribution is 2.27. The maximum Gasteiger partial charge on any atom is 0.162 e. The van der Waals surface area contributed by atoms with Gasteiger partial charge in [-0.3, -0.25) is 0 Å². The van der Waals surface area contributed by atoms with Gasteiger partial charge >= 0.3 is 0 Å². The summed E-state index contributed by atoms with van der Waals surface area (Å²) in [6.45, 7) is 0. The van der Waals surface area contributed by atoms with Gasteiger partial charge in [0, 0.05) is 17.1 Å². The van der Waals surface area contributed by atoms with Gasteiger partial charge in [-0.05, 0) is 53.9 Å². The van der Waals surface area contributed by atoms with Crippen LogP contribution in [0.4, 0.5) is 4.39 Å². The molecule has 0 amide bonds. The number of aromatic nitrogens is 3. The zero-order chi connectivity index (χ0) is 17.5. The van der Waals surface area contributed by atoms with Gasteiger partial charge in [-0.2, -0.15) is 0 Å². The highest BCUT2D eigenvalue weighted by atomic mass is 19.1. The third-order valence-electron chi connectivity index (χ3n) is 4.51. The van der Waals surface area contributed by atoms with Crippen molar-refractivity contribution >= 4 is 21.8 Å². The van der Waals surface area contributed by atoms with Crippen LogP contribution >= 0.6 is 0 Å². The van der Waals surface area contributed by atoms with Crippen LogP contribution in [0.5, 0.6) is 0 Å². The molecule has 0 saturated carbocycles. The van der Waals surface area contributed by atoms with Crippen LogP contribution in [0.15, 0.2) is 85.1 Å². The molecule has 0 saturated heterocycles. The van der Waals surface area contributed by atoms with Crippen molar-refractivity contribution in [3.63, 3.8) is 0 Å². The molecule has 124 valence electrons. The number of halogens is 1. The fourth-order valence-electron chi connectivity index (χ4n) is 3.24. The van der Waals surface area contributed by atoms with Gasteiger partial charge in [0.05, 0.1) is 11.0 Å². The summed E-state index contributed by atoms with van der Waals surface area (Å²) in [6, 6.07) is 24.5. The summed E-state index contributed by atoms with van der Waals surface area (Å²) < 4.78 is 15.4. The molecule has 2 heterocycles. The fraction of sp³-hybridized carbons (Fsp3) is 0. The quantitative estimate of drug-likeness (QED) is 0.432. The molecule has 0 radical (unpaired) electrons. The van der Waals surface area contributed by atoms with Crippen molar-refractivity contribution < 1.29 is 4.39 Å². The molecule has 0 atom stereocenters. The standard InChI is InChI=1S/C22H14FN3/c23-17-11-9-16(10-12-17)21-24-19-7-3-2-6-18(19)22(25-21)26-14-13-15-5-1-4-8-20(15)26/h1-14H. The molecule has 0 N–H and O–H groups in total. The molecule has 0 spiro atoms. The predicted molar refractivity (Wildman–Crippen MR) is 102 cm³/mol. The van der Waals surface area contributed by atoms with Crippen LogP contribution in [0.1, 0.15) is 0 Å². The van der Waals surface area contributed by atoms with E-state index in [1.807, 2.05) is 42.6 Å². The molecule has 0 unspecified atom stereocenters. The SMILES string of the molecule is Fc1ccc(-c2nc(-n3ccc4ccccc43)c3ccccc3n2)cc1. The average molecular weight is 339 g/mol. The van der Waals surface area contributed by atoms with Crippen LogP contribution in [0.2, 0.25) is 0 Å². The third kappa shape index (κ3) is 2.35. The van der Waals surface area contributed by atoms with Crippen LogP contribution in [0.25, 0.3) is 39.0 Å². The number of rotatable bonds is 2. The van der Waals surface area contributed by atoms with Crippen molar-refractivity contribution in [3.05, 3.63) is 90.9 Å². The second kappa shape index (κ2) is 5.77. The lowest BCUT2D eigenvalue weighted by molar-refractivity contribution is 0.628. The van der Waals surface area contributed by atoms with E-state index in [9.17, 15) is 4.39 Å². The van der Waals surface area contributed by atoms with Crippen molar-refractivity contribution in [2.24, 2.45) is 0 Å². The molecule has 5 rings (SSSR count). The largest absolute Gasteiger partial charge is 0.301 e.